The van der Waals surface area contributed by atoms with E-state index in [9.17, 15) is 13.8 Å². The van der Waals surface area contributed by atoms with E-state index in [4.69, 9.17) is 10.2 Å². The number of benzene rings is 2. The van der Waals surface area contributed by atoms with Crippen LogP contribution in [0.15, 0.2) is 63.9 Å². The van der Waals surface area contributed by atoms with E-state index in [0.29, 0.717) is 23.1 Å². The third-order valence-electron chi connectivity index (χ3n) is 3.82. The highest BCUT2D eigenvalue weighted by molar-refractivity contribution is 7.85. The maximum absolute atomic E-state index is 12.2. The highest BCUT2D eigenvalue weighted by atomic mass is 32.2. The molecule has 1 heterocycles. The monoisotopic (exact) mass is 370 g/mol. The van der Waals surface area contributed by atoms with E-state index in [0.717, 1.165) is 4.90 Å². The predicted octanol–water partition coefficient (Wildman–Crippen LogP) is 3.06. The van der Waals surface area contributed by atoms with Crippen LogP contribution >= 0.6 is 0 Å². The second-order valence-electron chi connectivity index (χ2n) is 5.68. The molecule has 0 aliphatic heterocycles. The number of furan rings is 1. The summed E-state index contributed by atoms with van der Waals surface area (Å²) in [6, 6.07) is 16.1. The van der Waals surface area contributed by atoms with Crippen molar-refractivity contribution < 1.29 is 18.2 Å². The van der Waals surface area contributed by atoms with Gasteiger partial charge in [0, 0.05) is 22.5 Å². The predicted molar refractivity (Wildman–Crippen MR) is 100 cm³/mol. The lowest BCUT2D eigenvalue weighted by molar-refractivity contribution is -0.116. The van der Waals surface area contributed by atoms with Crippen LogP contribution in [0.5, 0.6) is 0 Å². The van der Waals surface area contributed by atoms with Gasteiger partial charge < -0.3 is 15.5 Å². The molecule has 1 unspecified atom stereocenters. The Labute approximate surface area is 152 Å². The Morgan fingerprint density at radius 1 is 1.04 bits per heavy atom. The number of nitrogens with two attached hydrogens (primary N) is 1. The first-order valence-electron chi connectivity index (χ1n) is 8.11. The van der Waals surface area contributed by atoms with Gasteiger partial charge in [-0.2, -0.15) is 0 Å². The minimum Gasteiger partial charge on any atom is -0.449 e. The molecule has 3 aromatic rings. The van der Waals surface area contributed by atoms with Crippen LogP contribution < -0.4 is 11.1 Å². The molecule has 7 heteroatoms. The highest BCUT2D eigenvalue weighted by Gasteiger charge is 2.20. The van der Waals surface area contributed by atoms with Crippen LogP contribution in [-0.2, 0) is 15.6 Å². The van der Waals surface area contributed by atoms with Gasteiger partial charge in [-0.15, -0.1) is 0 Å². The van der Waals surface area contributed by atoms with Gasteiger partial charge in [0.2, 0.25) is 11.7 Å². The van der Waals surface area contributed by atoms with Gasteiger partial charge in [0.05, 0.1) is 10.8 Å². The van der Waals surface area contributed by atoms with Crippen LogP contribution in [-0.4, -0.2) is 21.8 Å². The number of hydrogen-bond acceptors (Lipinski definition) is 4. The normalized spacial score (nSPS) is 12.0. The number of rotatable bonds is 7. The molecule has 6 nitrogen and oxygen atoms in total. The maximum atomic E-state index is 12.2. The quantitative estimate of drug-likeness (QED) is 0.667. The van der Waals surface area contributed by atoms with Gasteiger partial charge in [0.1, 0.15) is 11.3 Å². The molecule has 0 fully saturated rings. The molecule has 0 aliphatic carbocycles. The molecule has 0 radical (unpaired) electrons. The van der Waals surface area contributed by atoms with E-state index < -0.39 is 16.7 Å². The average molecular weight is 370 g/mol. The summed E-state index contributed by atoms with van der Waals surface area (Å²) in [5.74, 6) is -0.732. The lowest BCUT2D eigenvalue weighted by Gasteiger charge is -2.05. The number of hydrogen-bond donors (Lipinski definition) is 2. The van der Waals surface area contributed by atoms with Crippen LogP contribution in [0.1, 0.15) is 23.4 Å². The van der Waals surface area contributed by atoms with Gasteiger partial charge >= 0.3 is 0 Å². The zero-order valence-corrected chi connectivity index (χ0v) is 14.8. The molecule has 0 aliphatic rings. The molecule has 134 valence electrons. The Bertz CT molecular complexity index is 966. The van der Waals surface area contributed by atoms with Gasteiger partial charge in [-0.05, 0) is 30.7 Å². The molecule has 0 saturated carbocycles. The molecule has 1 atom stereocenters. The molecule has 0 bridgehead atoms. The number of carbonyl (C=O) groups is 2. The second kappa shape index (κ2) is 7.97. The fraction of sp³-hybridized carbons (Fsp3) is 0.158. The number of para-hydroxylation sites is 1. The van der Waals surface area contributed by atoms with Crippen molar-refractivity contribution in [2.45, 2.75) is 17.7 Å². The van der Waals surface area contributed by atoms with Crippen LogP contribution in [0.2, 0.25) is 0 Å². The molecule has 2 aromatic carbocycles. The first kappa shape index (κ1) is 17.9. The van der Waals surface area contributed by atoms with Gasteiger partial charge in [0.15, 0.2) is 0 Å². The van der Waals surface area contributed by atoms with Crippen molar-refractivity contribution in [1.82, 2.24) is 0 Å². The molecule has 26 heavy (non-hydrogen) atoms. The maximum Gasteiger partial charge on any atom is 0.286 e. The third-order valence-corrected chi connectivity index (χ3v) is 5.28. The van der Waals surface area contributed by atoms with E-state index in [1.54, 1.807) is 36.4 Å². The van der Waals surface area contributed by atoms with Crippen molar-refractivity contribution in [3.05, 3.63) is 60.4 Å². The first-order valence-corrected chi connectivity index (χ1v) is 9.43. The minimum atomic E-state index is -1.15. The molecule has 0 spiro atoms. The van der Waals surface area contributed by atoms with Crippen molar-refractivity contribution in [3.8, 4) is 0 Å². The summed E-state index contributed by atoms with van der Waals surface area (Å²) in [7, 11) is -1.15. The number of primary amides is 1. The molecular weight excluding hydrogens is 352 g/mol. The molecule has 1 aromatic heterocycles. The SMILES string of the molecule is NC(=O)c1oc2ccccc2c1NC(=O)CCCS(=O)c1ccccc1. The topological polar surface area (TPSA) is 102 Å². The van der Waals surface area contributed by atoms with E-state index in [1.165, 1.54) is 0 Å². The van der Waals surface area contributed by atoms with Crippen molar-refractivity contribution in [2.24, 2.45) is 5.73 Å². The summed E-state index contributed by atoms with van der Waals surface area (Å²) in [5.41, 5.74) is 6.09. The van der Waals surface area contributed by atoms with Crippen LogP contribution in [0.25, 0.3) is 11.0 Å². The largest absolute Gasteiger partial charge is 0.449 e. The summed E-state index contributed by atoms with van der Waals surface area (Å²) in [6.45, 7) is 0. The van der Waals surface area contributed by atoms with E-state index in [-0.39, 0.29) is 23.8 Å². The minimum absolute atomic E-state index is 0.0765. The fourth-order valence-electron chi connectivity index (χ4n) is 2.60. The van der Waals surface area contributed by atoms with E-state index in [1.807, 2.05) is 18.2 Å². The smallest absolute Gasteiger partial charge is 0.286 e. The van der Waals surface area contributed by atoms with Gasteiger partial charge in [-0.25, -0.2) is 0 Å². The summed E-state index contributed by atoms with van der Waals surface area (Å²) >= 11 is 0. The summed E-state index contributed by atoms with van der Waals surface area (Å²) in [4.78, 5) is 24.6. The lowest BCUT2D eigenvalue weighted by Crippen LogP contribution is -2.17. The number of nitrogens with one attached hydrogen (secondary N) is 1. The number of carbonyl (C=O) groups excluding carboxylic acids is 2. The van der Waals surface area contributed by atoms with Gasteiger partial charge in [-0.1, -0.05) is 30.3 Å². The Morgan fingerprint density at radius 3 is 2.46 bits per heavy atom. The van der Waals surface area contributed by atoms with Crippen LogP contribution in [0.4, 0.5) is 5.69 Å². The molecular formula is C19H18N2O4S. The first-order chi connectivity index (χ1) is 12.6. The third kappa shape index (κ3) is 4.00. The summed E-state index contributed by atoms with van der Waals surface area (Å²) in [6.07, 6.45) is 0.630. The van der Waals surface area contributed by atoms with Crippen LogP contribution in [0, 0.1) is 0 Å². The molecule has 3 rings (SSSR count). The highest BCUT2D eigenvalue weighted by Crippen LogP contribution is 2.30. The summed E-state index contributed by atoms with van der Waals surface area (Å²) in [5, 5.41) is 3.31. The van der Waals surface area contributed by atoms with Crippen molar-refractivity contribution in [1.29, 1.82) is 0 Å². The standard InChI is InChI=1S/C19H18N2O4S/c20-19(23)18-17(14-9-4-5-10-15(14)25-18)21-16(22)11-6-12-26(24)13-7-2-1-3-8-13/h1-5,7-10H,6,11-12H2,(H2,20,23)(H,21,22). The summed E-state index contributed by atoms with van der Waals surface area (Å²) < 4.78 is 17.6. The van der Waals surface area contributed by atoms with Gasteiger partial charge in [0.25, 0.3) is 5.91 Å². The van der Waals surface area contributed by atoms with E-state index in [2.05, 4.69) is 5.32 Å². The Balaban J connectivity index is 1.63. The molecule has 0 saturated heterocycles. The van der Waals surface area contributed by atoms with Gasteiger partial charge in [-0.3, -0.25) is 13.8 Å². The zero-order valence-electron chi connectivity index (χ0n) is 13.9. The zero-order chi connectivity index (χ0) is 18.5. The van der Waals surface area contributed by atoms with Crippen molar-refractivity contribution >= 4 is 39.3 Å². The number of fused-ring (bicyclic) bond motifs is 1. The number of anilines is 1. The van der Waals surface area contributed by atoms with E-state index >= 15 is 0 Å². The lowest BCUT2D eigenvalue weighted by atomic mass is 10.2. The Kier molecular flexibility index (Phi) is 5.48. The average Bonchev–Trinajstić information content (AvgIpc) is 3.01. The molecule has 2 amide bonds. The van der Waals surface area contributed by atoms with Crippen molar-refractivity contribution in [3.63, 3.8) is 0 Å². The van der Waals surface area contributed by atoms with Crippen LogP contribution in [0.3, 0.4) is 0 Å². The Morgan fingerprint density at radius 2 is 1.73 bits per heavy atom. The second-order valence-corrected chi connectivity index (χ2v) is 7.25. The Hall–Kier alpha value is -2.93. The fourth-order valence-corrected chi connectivity index (χ4v) is 3.70. The number of amides is 2. The molecule has 3 N–H and O–H groups in total. The van der Waals surface area contributed by atoms with Crippen molar-refractivity contribution in [2.75, 3.05) is 11.1 Å².